The number of hydrogen-bond donors (Lipinski definition) is 1. The molecule has 2 heteroatoms. The predicted molar refractivity (Wildman–Crippen MR) is 50.7 cm³/mol. The first-order chi connectivity index (χ1) is 5.86. The van der Waals surface area contributed by atoms with Gasteiger partial charge in [0.25, 0.3) is 0 Å². The van der Waals surface area contributed by atoms with Gasteiger partial charge in [-0.15, -0.1) is 0 Å². The van der Waals surface area contributed by atoms with Gasteiger partial charge in [-0.2, -0.15) is 0 Å². The van der Waals surface area contributed by atoms with Crippen LogP contribution in [0.15, 0.2) is 24.3 Å². The molecule has 0 spiro atoms. The lowest BCUT2D eigenvalue weighted by atomic mass is 10.1. The lowest BCUT2D eigenvalue weighted by molar-refractivity contribution is 0.173. The Morgan fingerprint density at radius 3 is 2.58 bits per heavy atom. The summed E-state index contributed by atoms with van der Waals surface area (Å²) in [5.74, 6) is 0. The van der Waals surface area contributed by atoms with E-state index in [4.69, 9.17) is 5.73 Å². The van der Waals surface area contributed by atoms with Gasteiger partial charge in [0.1, 0.15) is 0 Å². The van der Waals surface area contributed by atoms with E-state index in [2.05, 4.69) is 11.0 Å². The van der Waals surface area contributed by atoms with Crippen LogP contribution in [0.2, 0.25) is 0 Å². The molecule has 1 fully saturated rings. The Hall–Kier alpha value is -1.02. The molecule has 0 atom stereocenters. The molecule has 1 aromatic rings. The molecule has 1 saturated heterocycles. The number of nitrogen functional groups attached to an aromatic ring is 1. The van der Waals surface area contributed by atoms with Gasteiger partial charge in [-0.3, -0.25) is 4.90 Å². The lowest BCUT2D eigenvalue weighted by Gasteiger charge is -2.30. The number of nitrogens with zero attached hydrogens (tertiary/aromatic N) is 1. The van der Waals surface area contributed by atoms with Crippen molar-refractivity contribution in [1.82, 2.24) is 4.90 Å². The van der Waals surface area contributed by atoms with Gasteiger partial charge in [0.2, 0.25) is 0 Å². The third-order valence-corrected chi connectivity index (χ3v) is 2.40. The molecule has 0 bridgehead atoms. The molecule has 0 aliphatic carbocycles. The number of nitrogens with two attached hydrogens (primary N) is 1. The van der Waals surface area contributed by atoms with Gasteiger partial charge in [-0.05, 0) is 31.1 Å². The average molecular weight is 162 g/mol. The maximum Gasteiger partial charge on any atom is 0.0359 e. The van der Waals surface area contributed by atoms with Crippen LogP contribution in [0.4, 0.5) is 5.69 Å². The zero-order chi connectivity index (χ0) is 8.39. The molecular formula is C10H14N2. The van der Waals surface area contributed by atoms with E-state index in [9.17, 15) is 0 Å². The third kappa shape index (κ3) is 1.43. The predicted octanol–water partition coefficient (Wildman–Crippen LogP) is 1.47. The maximum atomic E-state index is 5.82. The second-order valence-corrected chi connectivity index (χ2v) is 3.33. The first-order valence-corrected chi connectivity index (χ1v) is 4.42. The molecule has 1 aromatic carbocycles. The maximum absolute atomic E-state index is 5.82. The first-order valence-electron chi connectivity index (χ1n) is 4.42. The van der Waals surface area contributed by atoms with Crippen LogP contribution in [-0.4, -0.2) is 18.0 Å². The minimum Gasteiger partial charge on any atom is -0.398 e. The second kappa shape index (κ2) is 3.15. The van der Waals surface area contributed by atoms with E-state index >= 15 is 0 Å². The third-order valence-electron chi connectivity index (χ3n) is 2.40. The highest BCUT2D eigenvalue weighted by Gasteiger charge is 2.14. The average Bonchev–Trinajstić information content (AvgIpc) is 2.00. The fourth-order valence-corrected chi connectivity index (χ4v) is 1.46. The Kier molecular flexibility index (Phi) is 2.00. The lowest BCUT2D eigenvalue weighted by Crippen LogP contribution is -2.36. The summed E-state index contributed by atoms with van der Waals surface area (Å²) in [6.45, 7) is 3.48. The fraction of sp³-hybridized carbons (Fsp3) is 0.400. The Morgan fingerprint density at radius 1 is 1.25 bits per heavy atom. The van der Waals surface area contributed by atoms with Crippen LogP contribution in [0.25, 0.3) is 0 Å². The Labute approximate surface area is 73.0 Å². The topological polar surface area (TPSA) is 29.3 Å². The number of para-hydroxylation sites is 1. The van der Waals surface area contributed by atoms with Crippen molar-refractivity contribution < 1.29 is 0 Å². The van der Waals surface area contributed by atoms with E-state index in [1.54, 1.807) is 0 Å². The summed E-state index contributed by atoms with van der Waals surface area (Å²) in [5, 5.41) is 0. The molecule has 0 amide bonds. The molecule has 0 aromatic heterocycles. The van der Waals surface area contributed by atoms with E-state index in [0.29, 0.717) is 0 Å². The number of hydrogen-bond acceptors (Lipinski definition) is 2. The van der Waals surface area contributed by atoms with E-state index in [1.165, 1.54) is 25.1 Å². The van der Waals surface area contributed by atoms with E-state index in [-0.39, 0.29) is 0 Å². The largest absolute Gasteiger partial charge is 0.398 e. The van der Waals surface area contributed by atoms with E-state index < -0.39 is 0 Å². The Morgan fingerprint density at radius 2 is 2.00 bits per heavy atom. The van der Waals surface area contributed by atoms with Crippen LogP contribution in [0.1, 0.15) is 12.0 Å². The quantitative estimate of drug-likeness (QED) is 0.667. The van der Waals surface area contributed by atoms with Crippen molar-refractivity contribution >= 4 is 5.69 Å². The molecule has 1 heterocycles. The molecule has 0 saturated carbocycles. The molecule has 0 radical (unpaired) electrons. The van der Waals surface area contributed by atoms with Gasteiger partial charge in [-0.25, -0.2) is 0 Å². The van der Waals surface area contributed by atoms with Gasteiger partial charge in [-0.1, -0.05) is 18.2 Å². The molecule has 1 aliphatic rings. The van der Waals surface area contributed by atoms with Crippen LogP contribution in [0, 0.1) is 0 Å². The monoisotopic (exact) mass is 162 g/mol. The van der Waals surface area contributed by atoms with Crippen LogP contribution < -0.4 is 5.73 Å². The smallest absolute Gasteiger partial charge is 0.0359 e. The zero-order valence-electron chi connectivity index (χ0n) is 7.16. The van der Waals surface area contributed by atoms with E-state index in [0.717, 1.165) is 12.2 Å². The van der Waals surface area contributed by atoms with Crippen molar-refractivity contribution in [3.05, 3.63) is 29.8 Å². The standard InChI is InChI=1S/C10H14N2/c11-10-5-2-1-4-9(10)8-12-6-3-7-12/h1-2,4-5H,3,6-8,11H2. The molecule has 64 valence electrons. The Balaban J connectivity index is 2.06. The zero-order valence-corrected chi connectivity index (χ0v) is 7.16. The summed E-state index contributed by atoms with van der Waals surface area (Å²) in [7, 11) is 0. The van der Waals surface area contributed by atoms with Crippen molar-refractivity contribution in [2.75, 3.05) is 18.8 Å². The number of rotatable bonds is 2. The number of anilines is 1. The van der Waals surface area contributed by atoms with Crippen molar-refractivity contribution in [3.8, 4) is 0 Å². The minimum absolute atomic E-state index is 0.921. The van der Waals surface area contributed by atoms with Crippen molar-refractivity contribution in [1.29, 1.82) is 0 Å². The first kappa shape index (κ1) is 7.62. The summed E-state index contributed by atoms with van der Waals surface area (Å²) in [4.78, 5) is 2.41. The normalized spacial score (nSPS) is 17.3. The van der Waals surface area contributed by atoms with E-state index in [1.807, 2.05) is 18.2 Å². The van der Waals surface area contributed by atoms with Crippen LogP contribution in [0.5, 0.6) is 0 Å². The molecule has 1 aliphatic heterocycles. The molecule has 2 nitrogen and oxygen atoms in total. The van der Waals surface area contributed by atoms with Crippen LogP contribution in [-0.2, 0) is 6.54 Å². The van der Waals surface area contributed by atoms with Gasteiger partial charge in [0.15, 0.2) is 0 Å². The molecule has 2 N–H and O–H groups in total. The molecule has 2 rings (SSSR count). The summed E-state index contributed by atoms with van der Waals surface area (Å²) >= 11 is 0. The van der Waals surface area contributed by atoms with Gasteiger partial charge < -0.3 is 5.73 Å². The summed E-state index contributed by atoms with van der Waals surface area (Å²) in [5.41, 5.74) is 8.00. The summed E-state index contributed by atoms with van der Waals surface area (Å²) in [6.07, 6.45) is 1.34. The van der Waals surface area contributed by atoms with Gasteiger partial charge >= 0.3 is 0 Å². The summed E-state index contributed by atoms with van der Waals surface area (Å²) in [6, 6.07) is 8.10. The van der Waals surface area contributed by atoms with Crippen molar-refractivity contribution in [2.24, 2.45) is 0 Å². The van der Waals surface area contributed by atoms with Crippen molar-refractivity contribution in [3.63, 3.8) is 0 Å². The van der Waals surface area contributed by atoms with Crippen LogP contribution >= 0.6 is 0 Å². The highest BCUT2D eigenvalue weighted by Crippen LogP contribution is 2.16. The highest BCUT2D eigenvalue weighted by atomic mass is 15.2. The van der Waals surface area contributed by atoms with Gasteiger partial charge in [0.05, 0.1) is 0 Å². The summed E-state index contributed by atoms with van der Waals surface area (Å²) < 4.78 is 0. The fourth-order valence-electron chi connectivity index (χ4n) is 1.46. The van der Waals surface area contributed by atoms with Crippen LogP contribution in [0.3, 0.4) is 0 Å². The number of benzene rings is 1. The second-order valence-electron chi connectivity index (χ2n) is 3.33. The molecule has 0 unspecified atom stereocenters. The van der Waals surface area contributed by atoms with Gasteiger partial charge in [0, 0.05) is 12.2 Å². The Bertz CT molecular complexity index is 266. The SMILES string of the molecule is Nc1ccccc1CN1CCC1. The van der Waals surface area contributed by atoms with Crippen molar-refractivity contribution in [2.45, 2.75) is 13.0 Å². The molecule has 12 heavy (non-hydrogen) atoms. The minimum atomic E-state index is 0.921. The molecular weight excluding hydrogens is 148 g/mol. The highest BCUT2D eigenvalue weighted by molar-refractivity contribution is 5.46. The number of likely N-dealkylation sites (tertiary alicyclic amines) is 1.